The van der Waals surface area contributed by atoms with Gasteiger partial charge < -0.3 is 25.1 Å². The van der Waals surface area contributed by atoms with Gasteiger partial charge in [0.15, 0.2) is 5.96 Å². The van der Waals surface area contributed by atoms with Crippen molar-refractivity contribution in [1.82, 2.24) is 9.80 Å². The quantitative estimate of drug-likeness (QED) is 0.518. The monoisotopic (exact) mass is 311 g/mol. The third-order valence-electron chi connectivity index (χ3n) is 4.36. The molecule has 0 aromatic heterocycles. The van der Waals surface area contributed by atoms with Crippen LogP contribution in [0.2, 0.25) is 0 Å². The number of carboxylic acids is 1. The van der Waals surface area contributed by atoms with Crippen LogP contribution in [0, 0.1) is 11.3 Å². The molecule has 0 unspecified atom stereocenters. The van der Waals surface area contributed by atoms with Crippen LogP contribution >= 0.6 is 0 Å². The summed E-state index contributed by atoms with van der Waals surface area (Å²) in [5, 5.41) is 36.5. The van der Waals surface area contributed by atoms with Crippen LogP contribution in [0.4, 0.5) is 0 Å². The van der Waals surface area contributed by atoms with Gasteiger partial charge in [0.05, 0.1) is 24.1 Å². The maximum Gasteiger partial charge on any atom is 0.308 e. The normalized spacial score (nSPS) is 28.7. The van der Waals surface area contributed by atoms with E-state index in [0.29, 0.717) is 13.0 Å². The zero-order valence-corrected chi connectivity index (χ0v) is 13.1. The number of nitrogens with zero attached hydrogens (tertiary/aromatic N) is 2. The van der Waals surface area contributed by atoms with Gasteiger partial charge in [-0.15, -0.1) is 0 Å². The molecule has 0 radical (unpaired) electrons. The lowest BCUT2D eigenvalue weighted by Crippen LogP contribution is -2.40. The van der Waals surface area contributed by atoms with E-state index in [1.807, 2.05) is 24.8 Å². The lowest BCUT2D eigenvalue weighted by atomic mass is 9.98. The summed E-state index contributed by atoms with van der Waals surface area (Å²) in [4.78, 5) is 15.1. The summed E-state index contributed by atoms with van der Waals surface area (Å²) >= 11 is 0. The minimum atomic E-state index is -0.829. The molecule has 22 heavy (non-hydrogen) atoms. The van der Waals surface area contributed by atoms with Gasteiger partial charge in [0.2, 0.25) is 0 Å². The van der Waals surface area contributed by atoms with Gasteiger partial charge in [0, 0.05) is 19.7 Å². The number of guanidine groups is 1. The van der Waals surface area contributed by atoms with Gasteiger partial charge in [-0.3, -0.25) is 10.2 Å². The molecule has 4 atom stereocenters. The van der Waals surface area contributed by atoms with E-state index in [0.717, 1.165) is 5.57 Å². The molecule has 0 aromatic rings. The molecular weight excluding hydrogens is 286 g/mol. The lowest BCUT2D eigenvalue weighted by Gasteiger charge is -2.26. The minimum Gasteiger partial charge on any atom is -0.481 e. The van der Waals surface area contributed by atoms with E-state index in [-0.39, 0.29) is 37.6 Å². The van der Waals surface area contributed by atoms with Gasteiger partial charge in [-0.25, -0.2) is 0 Å². The van der Waals surface area contributed by atoms with E-state index < -0.39 is 18.0 Å². The van der Waals surface area contributed by atoms with Gasteiger partial charge >= 0.3 is 5.97 Å². The second kappa shape index (κ2) is 6.66. The van der Waals surface area contributed by atoms with Gasteiger partial charge in [-0.1, -0.05) is 11.6 Å². The molecule has 0 amide bonds. The van der Waals surface area contributed by atoms with E-state index in [4.69, 9.17) is 10.5 Å². The Bertz CT molecular complexity index is 475. The smallest absolute Gasteiger partial charge is 0.308 e. The number of nitrogens with one attached hydrogen (secondary N) is 1. The van der Waals surface area contributed by atoms with Crippen molar-refractivity contribution < 1.29 is 20.1 Å². The average Bonchev–Trinajstić information content (AvgIpc) is 2.89. The van der Waals surface area contributed by atoms with Crippen LogP contribution in [-0.4, -0.2) is 74.9 Å². The van der Waals surface area contributed by atoms with Crippen molar-refractivity contribution >= 4 is 11.9 Å². The van der Waals surface area contributed by atoms with Crippen LogP contribution in [0.1, 0.15) is 26.7 Å². The van der Waals surface area contributed by atoms with E-state index in [2.05, 4.69) is 0 Å². The first kappa shape index (κ1) is 16.8. The molecule has 0 aromatic carbocycles. The molecule has 0 bridgehead atoms. The first-order chi connectivity index (χ1) is 10.3. The fourth-order valence-electron chi connectivity index (χ4n) is 3.43. The number of β-amino-alcohol motifs (C(OH)–C–C–N with tert-alkyl or cyclic N) is 1. The standard InChI is InChI=1S/C15H25N3O4/c1-9(2)5-10-6-12(14(21)22)13-8-17(15(16)18(10)13)7-11(20)3-4-19/h5,10-13,16,19-20H,3-4,6-8H2,1-2H3,(H,21,22)/t10-,11-,12-,13+/m1/s1. The number of hydrogen-bond acceptors (Lipinski definition) is 4. The molecule has 2 fully saturated rings. The third-order valence-corrected chi connectivity index (χ3v) is 4.36. The number of hydrogen-bond donors (Lipinski definition) is 4. The van der Waals surface area contributed by atoms with Crippen molar-refractivity contribution in [2.24, 2.45) is 5.92 Å². The molecule has 0 spiro atoms. The fourth-order valence-corrected chi connectivity index (χ4v) is 3.43. The number of aliphatic hydroxyl groups is 2. The zero-order chi connectivity index (χ0) is 16.4. The SMILES string of the molecule is CC(C)=C[C@@H]1C[C@@H](C(=O)O)[C@@H]2CN(C[C@H](O)CCO)C(=N)N12. The number of carbonyl (C=O) groups is 1. The topological polar surface area (TPSA) is 108 Å². The number of allylic oxidation sites excluding steroid dienone is 1. The summed E-state index contributed by atoms with van der Waals surface area (Å²) in [6.07, 6.45) is 2.07. The largest absolute Gasteiger partial charge is 0.481 e. The number of fused-ring (bicyclic) bond motifs is 1. The molecule has 0 aliphatic carbocycles. The predicted molar refractivity (Wildman–Crippen MR) is 81.6 cm³/mol. The summed E-state index contributed by atoms with van der Waals surface area (Å²) in [7, 11) is 0. The Labute approximate surface area is 130 Å². The van der Waals surface area contributed by atoms with Crippen molar-refractivity contribution in [3.63, 3.8) is 0 Å². The van der Waals surface area contributed by atoms with Gasteiger partial charge in [0.25, 0.3) is 0 Å². The fraction of sp³-hybridized carbons (Fsp3) is 0.733. The Kier molecular flexibility index (Phi) is 5.08. The minimum absolute atomic E-state index is 0.0800. The number of carboxylic acid groups (broad SMARTS) is 1. The third kappa shape index (κ3) is 3.25. The Balaban J connectivity index is 2.16. The Morgan fingerprint density at radius 2 is 2.18 bits per heavy atom. The maximum atomic E-state index is 11.5. The average molecular weight is 311 g/mol. The van der Waals surface area contributed by atoms with Crippen LogP contribution in [-0.2, 0) is 4.79 Å². The molecule has 124 valence electrons. The molecule has 4 N–H and O–H groups in total. The summed E-state index contributed by atoms with van der Waals surface area (Å²) in [5.74, 6) is -1.06. The molecule has 2 aliphatic rings. The predicted octanol–water partition coefficient (Wildman–Crippen LogP) is 0.0900. The van der Waals surface area contributed by atoms with E-state index in [1.165, 1.54) is 0 Å². The van der Waals surface area contributed by atoms with Crippen LogP contribution < -0.4 is 0 Å². The summed E-state index contributed by atoms with van der Waals surface area (Å²) < 4.78 is 0. The highest BCUT2D eigenvalue weighted by Gasteiger charge is 2.51. The highest BCUT2D eigenvalue weighted by Crippen LogP contribution is 2.36. The molecule has 0 saturated carbocycles. The zero-order valence-electron chi connectivity index (χ0n) is 13.1. The number of rotatable bonds is 6. The summed E-state index contributed by atoms with van der Waals surface area (Å²) in [6.45, 7) is 4.51. The lowest BCUT2D eigenvalue weighted by molar-refractivity contribution is -0.142. The second-order valence-corrected chi connectivity index (χ2v) is 6.36. The molecular formula is C15H25N3O4. The maximum absolute atomic E-state index is 11.5. The van der Waals surface area contributed by atoms with E-state index >= 15 is 0 Å². The van der Waals surface area contributed by atoms with Crippen molar-refractivity contribution in [3.8, 4) is 0 Å². The van der Waals surface area contributed by atoms with Crippen molar-refractivity contribution in [3.05, 3.63) is 11.6 Å². The first-order valence-corrected chi connectivity index (χ1v) is 7.63. The van der Waals surface area contributed by atoms with Gasteiger partial charge in [-0.05, 0) is 26.7 Å². The summed E-state index contributed by atoms with van der Waals surface area (Å²) in [6, 6.07) is -0.310. The van der Waals surface area contributed by atoms with Crippen molar-refractivity contribution in [1.29, 1.82) is 5.41 Å². The van der Waals surface area contributed by atoms with Crippen LogP contribution in [0.3, 0.4) is 0 Å². The molecule has 7 nitrogen and oxygen atoms in total. The van der Waals surface area contributed by atoms with Gasteiger partial charge in [0.1, 0.15) is 0 Å². The molecule has 2 aliphatic heterocycles. The molecule has 2 rings (SSSR count). The molecule has 2 heterocycles. The van der Waals surface area contributed by atoms with Gasteiger partial charge in [-0.2, -0.15) is 0 Å². The van der Waals surface area contributed by atoms with Crippen molar-refractivity contribution in [2.75, 3.05) is 19.7 Å². The Hall–Kier alpha value is -1.60. The van der Waals surface area contributed by atoms with E-state index in [1.54, 1.807) is 4.90 Å². The Morgan fingerprint density at radius 3 is 2.73 bits per heavy atom. The van der Waals surface area contributed by atoms with Crippen LogP contribution in [0.5, 0.6) is 0 Å². The highest BCUT2D eigenvalue weighted by atomic mass is 16.4. The van der Waals surface area contributed by atoms with E-state index in [9.17, 15) is 15.0 Å². The van der Waals surface area contributed by atoms with Crippen molar-refractivity contribution in [2.45, 2.75) is 44.9 Å². The highest BCUT2D eigenvalue weighted by molar-refractivity contribution is 5.83. The second-order valence-electron chi connectivity index (χ2n) is 6.36. The Morgan fingerprint density at radius 1 is 1.50 bits per heavy atom. The number of aliphatic hydroxyl groups excluding tert-OH is 2. The van der Waals surface area contributed by atoms with Crippen LogP contribution in [0.25, 0.3) is 0 Å². The van der Waals surface area contributed by atoms with Crippen LogP contribution in [0.15, 0.2) is 11.6 Å². The number of aliphatic carboxylic acids is 1. The molecule has 2 saturated heterocycles. The summed E-state index contributed by atoms with van der Waals surface area (Å²) in [5.41, 5.74) is 1.10. The first-order valence-electron chi connectivity index (χ1n) is 7.63. The molecule has 7 heteroatoms.